The molecule has 1 heterocycles. The van der Waals surface area contributed by atoms with Crippen LogP contribution in [0.1, 0.15) is 12.5 Å². The largest absolute Gasteiger partial charge is 0.494 e. The number of hydrogen-bond acceptors (Lipinski definition) is 5. The van der Waals surface area contributed by atoms with E-state index >= 15 is 0 Å². The molecule has 7 heteroatoms. The lowest BCUT2D eigenvalue weighted by molar-refractivity contribution is -0.113. The highest BCUT2D eigenvalue weighted by Crippen LogP contribution is 2.26. The lowest BCUT2D eigenvalue weighted by Gasteiger charge is -2.08. The van der Waals surface area contributed by atoms with Gasteiger partial charge in [-0.15, -0.1) is 0 Å². The number of aromatic nitrogens is 1. The highest BCUT2D eigenvalue weighted by molar-refractivity contribution is 8.00. The van der Waals surface area contributed by atoms with Crippen LogP contribution in [0.4, 0.5) is 10.1 Å². The van der Waals surface area contributed by atoms with Gasteiger partial charge in [0.05, 0.1) is 23.6 Å². The van der Waals surface area contributed by atoms with Crippen molar-refractivity contribution in [2.24, 2.45) is 0 Å². The number of rotatable bonds is 7. The number of ether oxygens (including phenoxy) is 1. The molecular weight excluding hydrogens is 389 g/mol. The zero-order valence-corrected chi connectivity index (χ0v) is 16.5. The fourth-order valence-corrected chi connectivity index (χ4v) is 3.32. The van der Waals surface area contributed by atoms with Gasteiger partial charge in [0.15, 0.2) is 0 Å². The van der Waals surface area contributed by atoms with E-state index in [0.717, 1.165) is 11.3 Å². The molecule has 1 amide bonds. The number of halogens is 1. The van der Waals surface area contributed by atoms with Crippen LogP contribution in [-0.4, -0.2) is 23.3 Å². The van der Waals surface area contributed by atoms with E-state index in [2.05, 4.69) is 16.4 Å². The van der Waals surface area contributed by atoms with Crippen molar-refractivity contribution < 1.29 is 13.9 Å². The first-order chi connectivity index (χ1) is 14.1. The molecule has 0 aliphatic heterocycles. The van der Waals surface area contributed by atoms with Crippen LogP contribution in [0.5, 0.6) is 5.75 Å². The lowest BCUT2D eigenvalue weighted by Crippen LogP contribution is -2.14. The second kappa shape index (κ2) is 9.71. The molecule has 5 nitrogen and oxygen atoms in total. The summed E-state index contributed by atoms with van der Waals surface area (Å²) in [5, 5.41) is 12.5. The summed E-state index contributed by atoms with van der Waals surface area (Å²) in [5.74, 6) is 0.216. The molecule has 29 heavy (non-hydrogen) atoms. The topological polar surface area (TPSA) is 75.0 Å². The number of hydrogen-bond donors (Lipinski definition) is 1. The van der Waals surface area contributed by atoms with Crippen LogP contribution in [0.25, 0.3) is 11.3 Å². The van der Waals surface area contributed by atoms with Crippen molar-refractivity contribution in [2.75, 3.05) is 17.7 Å². The number of nitriles is 1. The number of thioether (sulfide) groups is 1. The second-order valence-electron chi connectivity index (χ2n) is 5.96. The summed E-state index contributed by atoms with van der Waals surface area (Å²) in [5.41, 5.74) is 2.50. The van der Waals surface area contributed by atoms with Crippen LogP contribution >= 0.6 is 11.8 Å². The van der Waals surface area contributed by atoms with Crippen LogP contribution in [-0.2, 0) is 4.79 Å². The smallest absolute Gasteiger partial charge is 0.234 e. The normalized spacial score (nSPS) is 10.2. The fraction of sp³-hybridized carbons (Fsp3) is 0.136. The van der Waals surface area contributed by atoms with Gasteiger partial charge in [-0.05, 0) is 67.6 Å². The molecule has 0 unspecified atom stereocenters. The van der Waals surface area contributed by atoms with Crippen molar-refractivity contribution in [2.45, 2.75) is 11.9 Å². The fourth-order valence-electron chi connectivity index (χ4n) is 2.55. The summed E-state index contributed by atoms with van der Waals surface area (Å²) in [6.45, 7) is 2.51. The molecule has 0 spiro atoms. The predicted molar refractivity (Wildman–Crippen MR) is 111 cm³/mol. The van der Waals surface area contributed by atoms with Crippen molar-refractivity contribution in [3.63, 3.8) is 0 Å². The van der Waals surface area contributed by atoms with Gasteiger partial charge in [-0.2, -0.15) is 5.26 Å². The minimum atomic E-state index is -0.369. The van der Waals surface area contributed by atoms with Gasteiger partial charge in [-0.1, -0.05) is 11.8 Å². The van der Waals surface area contributed by atoms with Gasteiger partial charge in [0.2, 0.25) is 5.91 Å². The van der Waals surface area contributed by atoms with Gasteiger partial charge in [0.1, 0.15) is 22.7 Å². The third-order valence-corrected chi connectivity index (χ3v) is 4.90. The molecule has 0 saturated carbocycles. The number of amides is 1. The van der Waals surface area contributed by atoms with Gasteiger partial charge in [-0.3, -0.25) is 4.79 Å². The molecule has 2 aromatic carbocycles. The van der Waals surface area contributed by atoms with E-state index in [4.69, 9.17) is 4.74 Å². The Balaban J connectivity index is 1.71. The molecule has 0 atom stereocenters. The van der Waals surface area contributed by atoms with Crippen molar-refractivity contribution in [1.29, 1.82) is 5.26 Å². The van der Waals surface area contributed by atoms with Gasteiger partial charge in [0, 0.05) is 11.3 Å². The Morgan fingerprint density at radius 3 is 2.52 bits per heavy atom. The van der Waals surface area contributed by atoms with Crippen LogP contribution in [0.15, 0.2) is 65.7 Å². The number of nitrogens with one attached hydrogen (secondary N) is 1. The number of benzene rings is 2. The molecule has 146 valence electrons. The molecule has 0 aliphatic rings. The standard InChI is InChI=1S/C22H18FN3O2S/c1-2-28-19-10-3-15(4-11-19)20-12-5-16(13-24)22(26-20)29-14-21(27)25-18-8-6-17(23)7-9-18/h3-12H,2,14H2,1H3,(H,25,27). The first kappa shape index (κ1) is 20.4. The Kier molecular flexibility index (Phi) is 6.82. The molecule has 1 aromatic heterocycles. The zero-order valence-electron chi connectivity index (χ0n) is 15.7. The number of carbonyl (C=O) groups excluding carboxylic acids is 1. The highest BCUT2D eigenvalue weighted by Gasteiger charge is 2.11. The molecule has 0 bridgehead atoms. The molecule has 3 aromatic rings. The molecule has 0 saturated heterocycles. The second-order valence-corrected chi connectivity index (χ2v) is 6.93. The number of carbonyl (C=O) groups is 1. The first-order valence-corrected chi connectivity index (χ1v) is 9.90. The Morgan fingerprint density at radius 2 is 1.86 bits per heavy atom. The van der Waals surface area contributed by atoms with Crippen LogP contribution in [0.2, 0.25) is 0 Å². The van der Waals surface area contributed by atoms with E-state index < -0.39 is 0 Å². The number of nitrogens with zero attached hydrogens (tertiary/aromatic N) is 2. The Labute approximate surface area is 172 Å². The molecule has 0 fully saturated rings. The molecule has 1 N–H and O–H groups in total. The monoisotopic (exact) mass is 407 g/mol. The van der Waals surface area contributed by atoms with Crippen molar-refractivity contribution in [1.82, 2.24) is 4.98 Å². The third kappa shape index (κ3) is 5.56. The first-order valence-electron chi connectivity index (χ1n) is 8.91. The summed E-state index contributed by atoms with van der Waals surface area (Å²) in [7, 11) is 0. The van der Waals surface area contributed by atoms with Crippen molar-refractivity contribution in [3.05, 3.63) is 72.0 Å². The minimum absolute atomic E-state index is 0.0752. The van der Waals surface area contributed by atoms with E-state index in [1.54, 1.807) is 12.1 Å². The summed E-state index contributed by atoms with van der Waals surface area (Å²) in [6, 6.07) is 18.6. The Morgan fingerprint density at radius 1 is 1.14 bits per heavy atom. The number of pyridine rings is 1. The predicted octanol–water partition coefficient (Wildman–Crippen LogP) is 4.89. The van der Waals surface area contributed by atoms with E-state index in [9.17, 15) is 14.4 Å². The van der Waals surface area contributed by atoms with E-state index in [-0.39, 0.29) is 17.5 Å². The van der Waals surface area contributed by atoms with Crippen molar-refractivity contribution >= 4 is 23.4 Å². The zero-order chi connectivity index (χ0) is 20.6. The summed E-state index contributed by atoms with van der Waals surface area (Å²) in [4.78, 5) is 16.7. The van der Waals surface area contributed by atoms with Gasteiger partial charge < -0.3 is 10.1 Å². The van der Waals surface area contributed by atoms with Gasteiger partial charge >= 0.3 is 0 Å². The molecule has 0 radical (unpaired) electrons. The van der Waals surface area contributed by atoms with E-state index in [1.807, 2.05) is 31.2 Å². The summed E-state index contributed by atoms with van der Waals surface area (Å²) in [6.07, 6.45) is 0. The van der Waals surface area contributed by atoms with E-state index in [1.165, 1.54) is 36.0 Å². The minimum Gasteiger partial charge on any atom is -0.494 e. The van der Waals surface area contributed by atoms with Gasteiger partial charge in [-0.25, -0.2) is 9.37 Å². The maximum atomic E-state index is 13.0. The SMILES string of the molecule is CCOc1ccc(-c2ccc(C#N)c(SCC(=O)Nc3ccc(F)cc3)n2)cc1. The Bertz CT molecular complexity index is 1030. The number of anilines is 1. The maximum absolute atomic E-state index is 13.0. The molecule has 3 rings (SSSR count). The summed E-state index contributed by atoms with van der Waals surface area (Å²) >= 11 is 1.18. The quantitative estimate of drug-likeness (QED) is 0.565. The lowest BCUT2D eigenvalue weighted by atomic mass is 10.1. The average Bonchev–Trinajstić information content (AvgIpc) is 2.74. The average molecular weight is 407 g/mol. The van der Waals surface area contributed by atoms with Crippen LogP contribution in [0, 0.1) is 17.1 Å². The third-order valence-electron chi connectivity index (χ3n) is 3.91. The highest BCUT2D eigenvalue weighted by atomic mass is 32.2. The molecular formula is C22H18FN3O2S. The van der Waals surface area contributed by atoms with Crippen LogP contribution < -0.4 is 10.1 Å². The molecule has 0 aliphatic carbocycles. The van der Waals surface area contributed by atoms with Gasteiger partial charge in [0.25, 0.3) is 0 Å². The maximum Gasteiger partial charge on any atom is 0.234 e. The van der Waals surface area contributed by atoms with Crippen molar-refractivity contribution in [3.8, 4) is 23.1 Å². The van der Waals surface area contributed by atoms with E-state index in [0.29, 0.717) is 28.6 Å². The summed E-state index contributed by atoms with van der Waals surface area (Å²) < 4.78 is 18.4. The Hall–Kier alpha value is -3.37. The van der Waals surface area contributed by atoms with Crippen LogP contribution in [0.3, 0.4) is 0 Å².